The molecular weight excluding hydrogens is 331 g/mol. The van der Waals surface area contributed by atoms with E-state index in [1.807, 2.05) is 0 Å². The number of pyridine rings is 1. The van der Waals surface area contributed by atoms with E-state index in [0.29, 0.717) is 26.1 Å². The van der Waals surface area contributed by atoms with Gasteiger partial charge in [-0.25, -0.2) is 0 Å². The van der Waals surface area contributed by atoms with Crippen molar-refractivity contribution in [3.05, 3.63) is 51.2 Å². The molecule has 7 heteroatoms. The van der Waals surface area contributed by atoms with Crippen molar-refractivity contribution in [2.45, 2.75) is 13.0 Å². The van der Waals surface area contributed by atoms with E-state index in [4.69, 9.17) is 40.2 Å². The van der Waals surface area contributed by atoms with Crippen LogP contribution in [0.15, 0.2) is 36.5 Å². The maximum absolute atomic E-state index is 12.0. The number of aromatic nitrogens is 1. The number of ether oxygens (including phenoxy) is 1. The molecule has 2 rings (SSSR count). The highest BCUT2D eigenvalue weighted by atomic mass is 35.5. The molecule has 0 aliphatic carbocycles. The van der Waals surface area contributed by atoms with Crippen LogP contribution in [-0.2, 0) is 4.79 Å². The summed E-state index contributed by atoms with van der Waals surface area (Å²) in [6.45, 7) is 1.63. The predicted molar refractivity (Wildman–Crippen MR) is 86.8 cm³/mol. The molecule has 0 saturated carbocycles. The minimum absolute atomic E-state index is 0.300. The van der Waals surface area contributed by atoms with Crippen molar-refractivity contribution in [3.63, 3.8) is 0 Å². The van der Waals surface area contributed by atoms with Gasteiger partial charge in [-0.2, -0.15) is 0 Å². The standard InChI is InChI=1S/C14H12Cl2N2O2S/c1-8(20-12-4-2-9(15)6-11(12)16)14(19)18-10-3-5-13(21)17-7-10/h2-8H,1H3,(H,17,21)(H,18,19). The van der Waals surface area contributed by atoms with E-state index < -0.39 is 6.10 Å². The third-order valence-electron chi connectivity index (χ3n) is 2.62. The van der Waals surface area contributed by atoms with Crippen LogP contribution in [0.4, 0.5) is 5.69 Å². The highest BCUT2D eigenvalue weighted by Crippen LogP contribution is 2.28. The van der Waals surface area contributed by atoms with Gasteiger partial charge in [-0.1, -0.05) is 35.4 Å². The number of nitrogens with one attached hydrogen (secondary N) is 2. The first-order valence-corrected chi connectivity index (χ1v) is 7.23. The fourth-order valence-corrected chi connectivity index (χ4v) is 2.13. The van der Waals surface area contributed by atoms with E-state index in [1.165, 1.54) is 0 Å². The smallest absolute Gasteiger partial charge is 0.265 e. The summed E-state index contributed by atoms with van der Waals surface area (Å²) in [4.78, 5) is 14.9. The molecule has 1 atom stereocenters. The van der Waals surface area contributed by atoms with Crippen molar-refractivity contribution in [1.29, 1.82) is 0 Å². The second kappa shape index (κ2) is 6.93. The molecule has 1 aromatic carbocycles. The molecule has 0 spiro atoms. The molecule has 1 unspecified atom stereocenters. The number of benzene rings is 1. The Bertz CT molecular complexity index is 698. The van der Waals surface area contributed by atoms with Crippen LogP contribution in [0.3, 0.4) is 0 Å². The Hall–Kier alpha value is -1.56. The topological polar surface area (TPSA) is 54.1 Å². The number of hydrogen-bond acceptors (Lipinski definition) is 3. The van der Waals surface area contributed by atoms with Gasteiger partial charge in [-0.05, 0) is 37.3 Å². The monoisotopic (exact) mass is 342 g/mol. The first-order chi connectivity index (χ1) is 9.95. The lowest BCUT2D eigenvalue weighted by molar-refractivity contribution is -0.122. The average molecular weight is 343 g/mol. The summed E-state index contributed by atoms with van der Waals surface area (Å²) >= 11 is 16.7. The van der Waals surface area contributed by atoms with Gasteiger partial charge in [0.05, 0.1) is 10.7 Å². The number of aromatic amines is 1. The average Bonchev–Trinajstić information content (AvgIpc) is 2.44. The SMILES string of the molecule is CC(Oc1ccc(Cl)cc1Cl)C(=O)Nc1ccc(=S)[nH]c1. The maximum Gasteiger partial charge on any atom is 0.265 e. The Kier molecular flexibility index (Phi) is 5.22. The third-order valence-corrected chi connectivity index (χ3v) is 3.40. The Balaban J connectivity index is 2.02. The molecule has 21 heavy (non-hydrogen) atoms. The normalized spacial score (nSPS) is 11.8. The highest BCUT2D eigenvalue weighted by molar-refractivity contribution is 7.71. The summed E-state index contributed by atoms with van der Waals surface area (Å²) in [5.41, 5.74) is 0.603. The Morgan fingerprint density at radius 3 is 2.71 bits per heavy atom. The van der Waals surface area contributed by atoms with Gasteiger partial charge < -0.3 is 15.0 Å². The lowest BCUT2D eigenvalue weighted by atomic mass is 10.3. The van der Waals surface area contributed by atoms with Crippen molar-refractivity contribution in [3.8, 4) is 5.75 Å². The number of carbonyl (C=O) groups is 1. The van der Waals surface area contributed by atoms with Gasteiger partial charge in [-0.15, -0.1) is 0 Å². The van der Waals surface area contributed by atoms with Crippen molar-refractivity contribution >= 4 is 47.0 Å². The second-order valence-electron chi connectivity index (χ2n) is 4.27. The summed E-state index contributed by atoms with van der Waals surface area (Å²) in [6.07, 6.45) is 0.897. The quantitative estimate of drug-likeness (QED) is 0.806. The van der Waals surface area contributed by atoms with E-state index in [0.717, 1.165) is 0 Å². The van der Waals surface area contributed by atoms with Crippen LogP contribution in [0.25, 0.3) is 0 Å². The number of rotatable bonds is 4. The second-order valence-corrected chi connectivity index (χ2v) is 5.55. The minimum Gasteiger partial charge on any atom is -0.479 e. The van der Waals surface area contributed by atoms with E-state index in [1.54, 1.807) is 43.5 Å². The van der Waals surface area contributed by atoms with Crippen molar-refractivity contribution in [2.75, 3.05) is 5.32 Å². The van der Waals surface area contributed by atoms with E-state index in [2.05, 4.69) is 10.3 Å². The van der Waals surface area contributed by atoms with Gasteiger partial charge in [0.1, 0.15) is 10.4 Å². The molecule has 110 valence electrons. The van der Waals surface area contributed by atoms with Gasteiger partial charge in [-0.3, -0.25) is 4.79 Å². The van der Waals surface area contributed by atoms with Crippen LogP contribution in [0.2, 0.25) is 10.0 Å². The number of H-pyrrole nitrogens is 1. The lowest BCUT2D eigenvalue weighted by Gasteiger charge is -2.15. The fourth-order valence-electron chi connectivity index (χ4n) is 1.55. The first-order valence-electron chi connectivity index (χ1n) is 6.07. The molecule has 2 N–H and O–H groups in total. The molecule has 0 saturated heterocycles. The largest absolute Gasteiger partial charge is 0.479 e. The van der Waals surface area contributed by atoms with Gasteiger partial charge in [0.15, 0.2) is 6.10 Å². The molecule has 2 aromatic rings. The molecule has 4 nitrogen and oxygen atoms in total. The summed E-state index contributed by atoms with van der Waals surface area (Å²) in [5, 5.41) is 3.57. The molecule has 0 aliphatic rings. The van der Waals surface area contributed by atoms with Gasteiger partial charge in [0.25, 0.3) is 5.91 Å². The lowest BCUT2D eigenvalue weighted by Crippen LogP contribution is -2.30. The Morgan fingerprint density at radius 2 is 2.10 bits per heavy atom. The molecule has 0 aliphatic heterocycles. The zero-order valence-electron chi connectivity index (χ0n) is 11.0. The van der Waals surface area contributed by atoms with Crippen LogP contribution in [0, 0.1) is 4.64 Å². The number of anilines is 1. The van der Waals surface area contributed by atoms with Crippen LogP contribution in [0.5, 0.6) is 5.75 Å². The predicted octanol–water partition coefficient (Wildman–Crippen LogP) is 4.46. The van der Waals surface area contributed by atoms with E-state index in [-0.39, 0.29) is 5.91 Å². The van der Waals surface area contributed by atoms with Crippen molar-refractivity contribution in [1.82, 2.24) is 4.98 Å². The highest BCUT2D eigenvalue weighted by Gasteiger charge is 2.16. The minimum atomic E-state index is -0.716. The molecule has 0 radical (unpaired) electrons. The molecular formula is C14H12Cl2N2O2S. The number of hydrogen-bond donors (Lipinski definition) is 2. The first kappa shape index (κ1) is 15.8. The van der Waals surface area contributed by atoms with Gasteiger partial charge in [0, 0.05) is 11.2 Å². The number of halogens is 2. The Morgan fingerprint density at radius 1 is 1.33 bits per heavy atom. The summed E-state index contributed by atoms with van der Waals surface area (Å²) in [6, 6.07) is 8.21. The fraction of sp³-hybridized carbons (Fsp3) is 0.143. The van der Waals surface area contributed by atoms with Crippen LogP contribution < -0.4 is 10.1 Å². The summed E-state index contributed by atoms with van der Waals surface area (Å²) in [5.74, 6) is 0.0997. The van der Waals surface area contributed by atoms with E-state index >= 15 is 0 Å². The molecule has 1 heterocycles. The maximum atomic E-state index is 12.0. The van der Waals surface area contributed by atoms with Crippen LogP contribution >= 0.6 is 35.4 Å². The van der Waals surface area contributed by atoms with Crippen LogP contribution in [-0.4, -0.2) is 17.0 Å². The molecule has 1 amide bonds. The van der Waals surface area contributed by atoms with Crippen molar-refractivity contribution in [2.24, 2.45) is 0 Å². The summed E-state index contributed by atoms with van der Waals surface area (Å²) in [7, 11) is 0. The summed E-state index contributed by atoms with van der Waals surface area (Å²) < 4.78 is 6.11. The number of amides is 1. The van der Waals surface area contributed by atoms with Gasteiger partial charge in [0.2, 0.25) is 0 Å². The van der Waals surface area contributed by atoms with Crippen LogP contribution in [0.1, 0.15) is 6.92 Å². The number of carbonyl (C=O) groups excluding carboxylic acids is 1. The molecule has 0 bridgehead atoms. The zero-order valence-corrected chi connectivity index (χ0v) is 13.4. The van der Waals surface area contributed by atoms with Crippen molar-refractivity contribution < 1.29 is 9.53 Å². The van der Waals surface area contributed by atoms with E-state index in [9.17, 15) is 4.79 Å². The Labute approximate surface area is 137 Å². The molecule has 1 aromatic heterocycles. The third kappa shape index (κ3) is 4.46. The molecule has 0 fully saturated rings. The van der Waals surface area contributed by atoms with Gasteiger partial charge >= 0.3 is 0 Å². The zero-order chi connectivity index (χ0) is 15.4.